The summed E-state index contributed by atoms with van der Waals surface area (Å²) < 4.78 is 0. The van der Waals surface area contributed by atoms with Crippen LogP contribution in [0.15, 0.2) is 29.0 Å². The number of rotatable bonds is 5. The molecular weight excluding hydrogens is 306 g/mol. The predicted molar refractivity (Wildman–Crippen MR) is 87.9 cm³/mol. The first-order chi connectivity index (χ1) is 10.1. The van der Waals surface area contributed by atoms with E-state index >= 15 is 0 Å². The second kappa shape index (κ2) is 5.58. The lowest BCUT2D eigenvalue weighted by Crippen LogP contribution is -2.28. The smallest absolute Gasteiger partial charge is 0.250 e. The zero-order valence-corrected chi connectivity index (χ0v) is 13.0. The Bertz CT molecular complexity index is 668. The van der Waals surface area contributed by atoms with Gasteiger partial charge in [0.25, 0.3) is 5.91 Å². The molecule has 3 rings (SSSR count). The van der Waals surface area contributed by atoms with Crippen LogP contribution in [0.5, 0.6) is 0 Å². The lowest BCUT2D eigenvalue weighted by Gasteiger charge is -2.27. The van der Waals surface area contributed by atoms with E-state index in [2.05, 4.69) is 16.3 Å². The molecule has 0 spiro atoms. The number of amides is 1. The largest absolute Gasteiger partial charge is 0.399 e. The third kappa shape index (κ3) is 2.99. The molecule has 1 saturated carbocycles. The Balaban J connectivity index is 2.04. The number of thiophene rings is 1. The summed E-state index contributed by atoms with van der Waals surface area (Å²) in [6, 6.07) is 5.76. The van der Waals surface area contributed by atoms with Gasteiger partial charge in [-0.1, -0.05) is 11.6 Å². The normalized spacial score (nSPS) is 14.1. The highest BCUT2D eigenvalue weighted by molar-refractivity contribution is 7.07. The molecule has 1 amide bonds. The molecule has 0 bridgehead atoms. The van der Waals surface area contributed by atoms with Crippen molar-refractivity contribution in [2.24, 2.45) is 5.73 Å². The Morgan fingerprint density at radius 2 is 2.19 bits per heavy atom. The fourth-order valence-corrected chi connectivity index (χ4v) is 3.45. The summed E-state index contributed by atoms with van der Waals surface area (Å²) in [4.78, 5) is 13.9. The van der Waals surface area contributed by atoms with Gasteiger partial charge in [-0.05, 0) is 47.4 Å². The Hall–Kier alpha value is -1.72. The van der Waals surface area contributed by atoms with Crippen molar-refractivity contribution in [1.82, 2.24) is 0 Å². The van der Waals surface area contributed by atoms with Gasteiger partial charge in [-0.2, -0.15) is 11.3 Å². The summed E-state index contributed by atoms with van der Waals surface area (Å²) in [5.41, 5.74) is 14.0. The van der Waals surface area contributed by atoms with Crippen LogP contribution < -0.4 is 16.4 Å². The minimum Gasteiger partial charge on any atom is -0.399 e. The Morgan fingerprint density at radius 3 is 2.76 bits per heavy atom. The first-order valence-electron chi connectivity index (χ1n) is 6.73. The summed E-state index contributed by atoms with van der Waals surface area (Å²) in [7, 11) is 0. The van der Waals surface area contributed by atoms with Crippen LogP contribution in [-0.4, -0.2) is 11.9 Å². The van der Waals surface area contributed by atoms with Crippen LogP contribution in [0.3, 0.4) is 0 Å². The second-order valence-corrected chi connectivity index (χ2v) is 6.44. The Kier molecular flexibility index (Phi) is 3.78. The van der Waals surface area contributed by atoms with E-state index in [0.29, 0.717) is 28.0 Å². The number of nitrogens with two attached hydrogens (primary N) is 2. The van der Waals surface area contributed by atoms with Gasteiger partial charge in [0.05, 0.1) is 16.3 Å². The van der Waals surface area contributed by atoms with Gasteiger partial charge < -0.3 is 16.4 Å². The van der Waals surface area contributed by atoms with E-state index in [-0.39, 0.29) is 0 Å². The number of carbonyl (C=O) groups excluding carboxylic acids is 1. The van der Waals surface area contributed by atoms with E-state index in [0.717, 1.165) is 19.4 Å². The summed E-state index contributed by atoms with van der Waals surface area (Å²) in [5.74, 6) is -0.504. The van der Waals surface area contributed by atoms with Crippen LogP contribution in [0.4, 0.5) is 11.4 Å². The lowest BCUT2D eigenvalue weighted by atomic mass is 10.1. The zero-order valence-electron chi connectivity index (χ0n) is 11.4. The molecular formula is C15H16ClN3OS. The first kappa shape index (κ1) is 14.2. The topological polar surface area (TPSA) is 72.3 Å². The number of benzene rings is 1. The molecule has 110 valence electrons. The highest BCUT2D eigenvalue weighted by Gasteiger charge is 2.32. The molecule has 6 heteroatoms. The molecule has 0 saturated heterocycles. The molecule has 1 aromatic heterocycles. The van der Waals surface area contributed by atoms with Gasteiger partial charge >= 0.3 is 0 Å². The highest BCUT2D eigenvalue weighted by Crippen LogP contribution is 2.40. The van der Waals surface area contributed by atoms with Gasteiger partial charge in [0, 0.05) is 18.3 Å². The number of nitrogens with zero attached hydrogens (tertiary/aromatic N) is 1. The van der Waals surface area contributed by atoms with Crippen LogP contribution in [0.25, 0.3) is 0 Å². The summed E-state index contributed by atoms with van der Waals surface area (Å²) in [6.07, 6.45) is 2.20. The molecule has 4 nitrogen and oxygen atoms in total. The van der Waals surface area contributed by atoms with Gasteiger partial charge in [-0.15, -0.1) is 0 Å². The van der Waals surface area contributed by atoms with Gasteiger partial charge in [-0.25, -0.2) is 0 Å². The lowest BCUT2D eigenvalue weighted by molar-refractivity contribution is 0.100. The second-order valence-electron chi connectivity index (χ2n) is 5.25. The molecule has 0 aliphatic heterocycles. The molecule has 0 atom stereocenters. The van der Waals surface area contributed by atoms with Crippen molar-refractivity contribution in [3.8, 4) is 0 Å². The van der Waals surface area contributed by atoms with Crippen molar-refractivity contribution in [3.63, 3.8) is 0 Å². The first-order valence-corrected chi connectivity index (χ1v) is 8.05. The molecule has 1 aliphatic rings. The Labute approximate surface area is 132 Å². The fourth-order valence-electron chi connectivity index (χ4n) is 2.46. The van der Waals surface area contributed by atoms with Crippen LogP contribution in [0.2, 0.25) is 5.02 Å². The molecule has 21 heavy (non-hydrogen) atoms. The molecule has 1 aromatic carbocycles. The maximum absolute atomic E-state index is 11.8. The summed E-state index contributed by atoms with van der Waals surface area (Å²) in [5, 5.41) is 4.62. The fraction of sp³-hybridized carbons (Fsp3) is 0.267. The van der Waals surface area contributed by atoms with Crippen LogP contribution in [0, 0.1) is 0 Å². The van der Waals surface area contributed by atoms with Crippen LogP contribution in [0.1, 0.15) is 28.8 Å². The van der Waals surface area contributed by atoms with Crippen molar-refractivity contribution in [1.29, 1.82) is 0 Å². The van der Waals surface area contributed by atoms with E-state index in [4.69, 9.17) is 23.1 Å². The molecule has 4 N–H and O–H groups in total. The van der Waals surface area contributed by atoms with Crippen molar-refractivity contribution in [3.05, 3.63) is 45.1 Å². The van der Waals surface area contributed by atoms with E-state index < -0.39 is 5.91 Å². The summed E-state index contributed by atoms with van der Waals surface area (Å²) >= 11 is 8.01. The number of nitrogen functional groups attached to an aromatic ring is 1. The van der Waals surface area contributed by atoms with Crippen LogP contribution in [-0.2, 0) is 6.54 Å². The van der Waals surface area contributed by atoms with E-state index in [1.54, 1.807) is 23.5 Å². The average molecular weight is 322 g/mol. The quantitative estimate of drug-likeness (QED) is 0.830. The number of halogens is 1. The maximum atomic E-state index is 11.8. The highest BCUT2D eigenvalue weighted by atomic mass is 35.5. The molecule has 0 unspecified atom stereocenters. The standard InChI is InChI=1S/C15H16ClN3OS/c16-13-6-10(17)5-12(15(18)20)14(13)19(11-1-2-11)7-9-3-4-21-8-9/h3-6,8,11H,1-2,7,17H2,(H2,18,20). The van der Waals surface area contributed by atoms with Crippen molar-refractivity contribution in [2.75, 3.05) is 10.6 Å². The van der Waals surface area contributed by atoms with Gasteiger partial charge in [0.15, 0.2) is 0 Å². The number of hydrogen-bond donors (Lipinski definition) is 2. The van der Waals surface area contributed by atoms with E-state index in [9.17, 15) is 4.79 Å². The molecule has 1 heterocycles. The minimum atomic E-state index is -0.504. The number of hydrogen-bond acceptors (Lipinski definition) is 4. The number of anilines is 2. The van der Waals surface area contributed by atoms with E-state index in [1.165, 1.54) is 5.56 Å². The van der Waals surface area contributed by atoms with Crippen molar-refractivity contribution in [2.45, 2.75) is 25.4 Å². The summed E-state index contributed by atoms with van der Waals surface area (Å²) in [6.45, 7) is 0.720. The van der Waals surface area contributed by atoms with Gasteiger partial charge in [0.2, 0.25) is 0 Å². The van der Waals surface area contributed by atoms with Crippen molar-refractivity contribution < 1.29 is 4.79 Å². The molecule has 2 aromatic rings. The molecule has 0 radical (unpaired) electrons. The van der Waals surface area contributed by atoms with Crippen molar-refractivity contribution >= 4 is 40.2 Å². The third-order valence-electron chi connectivity index (χ3n) is 3.56. The van der Waals surface area contributed by atoms with Gasteiger partial charge in [-0.3, -0.25) is 4.79 Å². The Morgan fingerprint density at radius 1 is 1.43 bits per heavy atom. The molecule has 1 aliphatic carbocycles. The van der Waals surface area contributed by atoms with E-state index in [1.807, 2.05) is 5.38 Å². The SMILES string of the molecule is NC(=O)c1cc(N)cc(Cl)c1N(Cc1ccsc1)C1CC1. The average Bonchev–Trinajstić information content (AvgIpc) is 3.13. The monoisotopic (exact) mass is 321 g/mol. The van der Waals surface area contributed by atoms with Gasteiger partial charge in [0.1, 0.15) is 0 Å². The predicted octanol–water partition coefficient (Wildman–Crippen LogP) is 3.25. The van der Waals surface area contributed by atoms with Crippen LogP contribution >= 0.6 is 22.9 Å². The minimum absolute atomic E-state index is 0.391. The number of carbonyl (C=O) groups is 1. The maximum Gasteiger partial charge on any atom is 0.250 e. The molecule has 1 fully saturated rings. The number of primary amides is 1. The zero-order chi connectivity index (χ0) is 15.0. The third-order valence-corrected chi connectivity index (χ3v) is 4.58.